The fraction of sp³-hybridized carbons (Fsp3) is 0.600. The van der Waals surface area contributed by atoms with E-state index >= 15 is 0 Å². The van der Waals surface area contributed by atoms with Crippen molar-refractivity contribution in [3.05, 3.63) is 24.3 Å². The highest BCUT2D eigenvalue weighted by atomic mass is 16.5. The van der Waals surface area contributed by atoms with Gasteiger partial charge < -0.3 is 19.5 Å². The Balaban J connectivity index is 1.71. The Kier molecular flexibility index (Phi) is 4.01. The van der Waals surface area contributed by atoms with Crippen LogP contribution in [0, 0.1) is 0 Å². The Morgan fingerprint density at radius 3 is 2.70 bits per heavy atom. The van der Waals surface area contributed by atoms with Crippen LogP contribution in [0.3, 0.4) is 0 Å². The molecule has 1 atom stereocenters. The average Bonchev–Trinajstić information content (AvgIpc) is 2.87. The lowest BCUT2D eigenvalue weighted by Crippen LogP contribution is -2.42. The van der Waals surface area contributed by atoms with Crippen molar-refractivity contribution in [2.45, 2.75) is 50.2 Å². The molecule has 0 bridgehead atoms. The van der Waals surface area contributed by atoms with Crippen molar-refractivity contribution in [1.82, 2.24) is 0 Å². The molecular weight excluding hydrogens is 255 g/mol. The molecule has 5 heteroatoms. The maximum absolute atomic E-state index is 9.39. The number of para-hydroxylation sites is 1. The van der Waals surface area contributed by atoms with Crippen molar-refractivity contribution < 1.29 is 19.5 Å². The van der Waals surface area contributed by atoms with Gasteiger partial charge in [-0.05, 0) is 18.9 Å². The van der Waals surface area contributed by atoms with E-state index in [2.05, 4.69) is 0 Å². The minimum Gasteiger partial charge on any atom is -0.491 e. The molecule has 20 heavy (non-hydrogen) atoms. The number of ether oxygens (including phenoxy) is 2. The Bertz CT molecular complexity index is 457. The molecule has 1 aromatic carbocycles. The Hall–Kier alpha value is -1.04. The minimum absolute atomic E-state index is 0.00961. The van der Waals surface area contributed by atoms with Crippen LogP contribution in [0.15, 0.2) is 24.3 Å². The third-order valence-electron chi connectivity index (χ3n) is 4.45. The van der Waals surface area contributed by atoms with Crippen LogP contribution in [0.2, 0.25) is 0 Å². The number of hydrogen-bond acceptors (Lipinski definition) is 4. The van der Waals surface area contributed by atoms with E-state index in [0.29, 0.717) is 11.2 Å². The zero-order valence-corrected chi connectivity index (χ0v) is 11.6. The molecule has 1 spiro atoms. The smallest absolute Gasteiger partial charge is 0.491 e. The molecule has 2 fully saturated rings. The van der Waals surface area contributed by atoms with Gasteiger partial charge in [0.2, 0.25) is 0 Å². The highest BCUT2D eigenvalue weighted by Crippen LogP contribution is 2.40. The Morgan fingerprint density at radius 1 is 1.20 bits per heavy atom. The predicted molar refractivity (Wildman–Crippen MR) is 77.1 cm³/mol. The van der Waals surface area contributed by atoms with E-state index in [1.807, 2.05) is 6.07 Å². The zero-order chi connectivity index (χ0) is 14.0. The summed E-state index contributed by atoms with van der Waals surface area (Å²) in [5.41, 5.74) is 0.440. The Labute approximate surface area is 119 Å². The van der Waals surface area contributed by atoms with Crippen molar-refractivity contribution in [3.63, 3.8) is 0 Å². The van der Waals surface area contributed by atoms with Gasteiger partial charge >= 0.3 is 7.12 Å². The summed E-state index contributed by atoms with van der Waals surface area (Å²) in [4.78, 5) is 0. The standard InChI is InChI=1S/C15H21BO4/c17-16(18)13-5-1-2-6-14(13)20-12-7-10-19-15(11-12)8-3-4-9-15/h1-2,5-6,12,17-18H,3-4,7-11H2. The number of benzene rings is 1. The monoisotopic (exact) mass is 276 g/mol. The van der Waals surface area contributed by atoms with Crippen molar-refractivity contribution in [3.8, 4) is 5.75 Å². The first-order valence-corrected chi connectivity index (χ1v) is 7.44. The molecule has 1 saturated carbocycles. The fourth-order valence-corrected chi connectivity index (χ4v) is 3.43. The molecular formula is C15H21BO4. The average molecular weight is 276 g/mol. The first-order valence-electron chi connectivity index (χ1n) is 7.44. The van der Waals surface area contributed by atoms with Crippen LogP contribution in [-0.4, -0.2) is 35.5 Å². The summed E-state index contributed by atoms with van der Waals surface area (Å²) in [6, 6.07) is 7.12. The molecule has 0 radical (unpaired) electrons. The van der Waals surface area contributed by atoms with Crippen LogP contribution < -0.4 is 10.2 Å². The summed E-state index contributed by atoms with van der Waals surface area (Å²) in [5, 5.41) is 18.8. The van der Waals surface area contributed by atoms with E-state index in [1.165, 1.54) is 12.8 Å². The predicted octanol–water partition coefficient (Wildman–Crippen LogP) is 1.24. The van der Waals surface area contributed by atoms with Gasteiger partial charge in [0.25, 0.3) is 0 Å². The van der Waals surface area contributed by atoms with Crippen molar-refractivity contribution in [1.29, 1.82) is 0 Å². The van der Waals surface area contributed by atoms with Gasteiger partial charge in [0.15, 0.2) is 0 Å². The first kappa shape index (κ1) is 13.9. The maximum Gasteiger partial charge on any atom is 0.492 e. The van der Waals surface area contributed by atoms with E-state index in [9.17, 15) is 10.0 Å². The van der Waals surface area contributed by atoms with Crippen molar-refractivity contribution >= 4 is 12.6 Å². The van der Waals surface area contributed by atoms with Gasteiger partial charge in [0, 0.05) is 18.3 Å². The highest BCUT2D eigenvalue weighted by Gasteiger charge is 2.40. The van der Waals surface area contributed by atoms with Gasteiger partial charge in [-0.2, -0.15) is 0 Å². The van der Waals surface area contributed by atoms with E-state index in [1.54, 1.807) is 18.2 Å². The van der Waals surface area contributed by atoms with Crippen LogP contribution in [0.1, 0.15) is 38.5 Å². The van der Waals surface area contributed by atoms with Crippen LogP contribution >= 0.6 is 0 Å². The SMILES string of the molecule is OB(O)c1ccccc1OC1CCOC2(CCCC2)C1. The molecule has 0 aromatic heterocycles. The molecule has 2 N–H and O–H groups in total. The van der Waals surface area contributed by atoms with Crippen LogP contribution in [0.25, 0.3) is 0 Å². The summed E-state index contributed by atoms with van der Waals surface area (Å²) in [5.74, 6) is 0.572. The lowest BCUT2D eigenvalue weighted by atomic mass is 9.79. The van der Waals surface area contributed by atoms with E-state index in [4.69, 9.17) is 9.47 Å². The molecule has 2 aliphatic rings. The molecule has 1 aliphatic carbocycles. The molecule has 4 nitrogen and oxygen atoms in total. The molecule has 1 heterocycles. The van der Waals surface area contributed by atoms with E-state index in [-0.39, 0.29) is 11.7 Å². The molecule has 1 saturated heterocycles. The van der Waals surface area contributed by atoms with Crippen molar-refractivity contribution in [2.75, 3.05) is 6.61 Å². The van der Waals surface area contributed by atoms with Crippen LogP contribution in [-0.2, 0) is 4.74 Å². The summed E-state index contributed by atoms with van der Waals surface area (Å²) in [6.45, 7) is 0.731. The molecule has 3 rings (SSSR count). The fourth-order valence-electron chi connectivity index (χ4n) is 3.43. The number of rotatable bonds is 3. The molecule has 0 amide bonds. The summed E-state index contributed by atoms with van der Waals surface area (Å²) in [6.07, 6.45) is 6.58. The van der Waals surface area contributed by atoms with Gasteiger partial charge in [-0.25, -0.2) is 0 Å². The van der Waals surface area contributed by atoms with Gasteiger partial charge in [0.05, 0.1) is 12.2 Å². The molecule has 1 aliphatic heterocycles. The normalized spacial score (nSPS) is 24.8. The maximum atomic E-state index is 9.39. The lowest BCUT2D eigenvalue weighted by Gasteiger charge is -2.38. The molecule has 1 unspecified atom stereocenters. The Morgan fingerprint density at radius 2 is 1.95 bits per heavy atom. The van der Waals surface area contributed by atoms with Crippen LogP contribution in [0.4, 0.5) is 0 Å². The van der Waals surface area contributed by atoms with Gasteiger partial charge in [-0.15, -0.1) is 0 Å². The summed E-state index contributed by atoms with van der Waals surface area (Å²) in [7, 11) is -1.49. The summed E-state index contributed by atoms with van der Waals surface area (Å²) >= 11 is 0. The van der Waals surface area contributed by atoms with E-state index < -0.39 is 7.12 Å². The number of hydrogen-bond donors (Lipinski definition) is 2. The summed E-state index contributed by atoms with van der Waals surface area (Å²) < 4.78 is 12.0. The minimum atomic E-state index is -1.49. The third kappa shape index (κ3) is 2.85. The van der Waals surface area contributed by atoms with Crippen LogP contribution in [0.5, 0.6) is 5.75 Å². The second-order valence-corrected chi connectivity index (χ2v) is 5.88. The molecule has 108 valence electrons. The lowest BCUT2D eigenvalue weighted by molar-refractivity contribution is -0.108. The largest absolute Gasteiger partial charge is 0.492 e. The second-order valence-electron chi connectivity index (χ2n) is 5.88. The highest BCUT2D eigenvalue weighted by molar-refractivity contribution is 6.59. The zero-order valence-electron chi connectivity index (χ0n) is 11.6. The van der Waals surface area contributed by atoms with E-state index in [0.717, 1.165) is 32.3 Å². The van der Waals surface area contributed by atoms with Crippen molar-refractivity contribution in [2.24, 2.45) is 0 Å². The second kappa shape index (κ2) is 5.76. The quantitative estimate of drug-likeness (QED) is 0.815. The third-order valence-corrected chi connectivity index (χ3v) is 4.45. The molecule has 1 aromatic rings. The topological polar surface area (TPSA) is 58.9 Å². The first-order chi connectivity index (χ1) is 9.69. The van der Waals surface area contributed by atoms with Gasteiger partial charge in [-0.3, -0.25) is 0 Å². The van der Waals surface area contributed by atoms with Gasteiger partial charge in [-0.1, -0.05) is 31.0 Å². The van der Waals surface area contributed by atoms with Gasteiger partial charge in [0.1, 0.15) is 11.9 Å².